The highest BCUT2D eigenvalue weighted by Gasteiger charge is 2.29. The molecule has 0 atom stereocenters. The second-order valence-electron chi connectivity index (χ2n) is 7.96. The third-order valence-corrected chi connectivity index (χ3v) is 5.47. The first-order chi connectivity index (χ1) is 15.1. The molecular formula is C25H22N4O2. The van der Waals surface area contributed by atoms with Gasteiger partial charge in [0.1, 0.15) is 0 Å². The summed E-state index contributed by atoms with van der Waals surface area (Å²) < 4.78 is 1.84. The van der Waals surface area contributed by atoms with Gasteiger partial charge in [0, 0.05) is 28.2 Å². The molecule has 3 aromatic carbocycles. The van der Waals surface area contributed by atoms with Gasteiger partial charge < -0.3 is 10.6 Å². The highest BCUT2D eigenvalue weighted by atomic mass is 16.2. The summed E-state index contributed by atoms with van der Waals surface area (Å²) in [4.78, 5) is 24.4. The van der Waals surface area contributed by atoms with E-state index >= 15 is 0 Å². The number of carbonyl (C=O) groups is 2. The van der Waals surface area contributed by atoms with E-state index in [0.29, 0.717) is 5.56 Å². The highest BCUT2D eigenvalue weighted by Crippen LogP contribution is 2.30. The van der Waals surface area contributed by atoms with E-state index in [9.17, 15) is 9.59 Å². The van der Waals surface area contributed by atoms with Gasteiger partial charge in [0.2, 0.25) is 5.91 Å². The van der Waals surface area contributed by atoms with Gasteiger partial charge in [-0.25, -0.2) is 4.68 Å². The minimum Gasteiger partial charge on any atom is -0.326 e. The zero-order chi connectivity index (χ0) is 21.4. The van der Waals surface area contributed by atoms with Crippen LogP contribution in [0.25, 0.3) is 16.6 Å². The van der Waals surface area contributed by atoms with Crippen LogP contribution in [-0.4, -0.2) is 21.6 Å². The molecule has 31 heavy (non-hydrogen) atoms. The average Bonchev–Trinajstić information content (AvgIpc) is 3.55. The number of amides is 2. The number of nitrogens with one attached hydrogen (secondary N) is 2. The van der Waals surface area contributed by atoms with Crippen molar-refractivity contribution in [3.8, 4) is 5.69 Å². The number of nitrogens with zero attached hydrogens (tertiary/aromatic N) is 2. The number of hydrogen-bond acceptors (Lipinski definition) is 3. The molecule has 5 rings (SSSR count). The summed E-state index contributed by atoms with van der Waals surface area (Å²) in [5.41, 5.74) is 5.08. The number of rotatable bonds is 5. The van der Waals surface area contributed by atoms with Crippen molar-refractivity contribution in [2.75, 3.05) is 10.6 Å². The molecule has 1 aromatic heterocycles. The van der Waals surface area contributed by atoms with Crippen molar-refractivity contribution in [2.45, 2.75) is 19.8 Å². The molecule has 0 spiro atoms. The molecule has 0 aliphatic heterocycles. The lowest BCUT2D eigenvalue weighted by Gasteiger charge is -2.08. The van der Waals surface area contributed by atoms with Crippen molar-refractivity contribution < 1.29 is 9.59 Å². The summed E-state index contributed by atoms with van der Waals surface area (Å²) in [6, 6.07) is 20.8. The fourth-order valence-corrected chi connectivity index (χ4v) is 3.50. The van der Waals surface area contributed by atoms with Crippen molar-refractivity contribution in [2.24, 2.45) is 5.92 Å². The number of fused-ring (bicyclic) bond motifs is 1. The minimum absolute atomic E-state index is 0.0949. The van der Waals surface area contributed by atoms with Gasteiger partial charge in [-0.05, 0) is 74.4 Å². The van der Waals surface area contributed by atoms with E-state index in [2.05, 4.69) is 15.7 Å². The van der Waals surface area contributed by atoms with E-state index in [1.807, 2.05) is 78.3 Å². The molecule has 1 aliphatic carbocycles. The summed E-state index contributed by atoms with van der Waals surface area (Å²) in [6.07, 6.45) is 3.74. The maximum Gasteiger partial charge on any atom is 0.255 e. The van der Waals surface area contributed by atoms with Gasteiger partial charge in [-0.15, -0.1) is 0 Å². The first-order valence-electron chi connectivity index (χ1n) is 10.3. The molecule has 0 unspecified atom stereocenters. The molecule has 1 fully saturated rings. The second kappa shape index (κ2) is 7.72. The summed E-state index contributed by atoms with van der Waals surface area (Å²) in [7, 11) is 0. The molecule has 6 nitrogen and oxygen atoms in total. The normalized spacial score (nSPS) is 13.2. The van der Waals surface area contributed by atoms with Gasteiger partial charge in [0.25, 0.3) is 5.91 Å². The molecule has 6 heteroatoms. The summed E-state index contributed by atoms with van der Waals surface area (Å²) in [6.45, 7) is 1.99. The number of aryl methyl sites for hydroxylation is 1. The number of carbonyl (C=O) groups excluding carboxylic acids is 2. The van der Waals surface area contributed by atoms with Gasteiger partial charge in [-0.1, -0.05) is 17.7 Å². The standard InChI is InChI=1S/C25H22N4O2/c1-16-2-4-17(5-3-16)25(31)28-21-10-13-23-19(14-21)15-26-29(23)22-11-8-20(9-12-22)27-24(30)18-6-7-18/h2-5,8-15,18H,6-7H2,1H3,(H,27,30)(H,28,31). The van der Waals surface area contributed by atoms with Crippen molar-refractivity contribution in [3.63, 3.8) is 0 Å². The highest BCUT2D eigenvalue weighted by molar-refractivity contribution is 6.05. The Hall–Kier alpha value is -3.93. The third kappa shape index (κ3) is 4.05. The second-order valence-corrected chi connectivity index (χ2v) is 7.96. The van der Waals surface area contributed by atoms with Gasteiger partial charge in [-0.3, -0.25) is 9.59 Å². The predicted octanol–water partition coefficient (Wildman–Crippen LogP) is 4.93. The Morgan fingerprint density at radius 3 is 2.32 bits per heavy atom. The van der Waals surface area contributed by atoms with E-state index in [1.165, 1.54) is 0 Å². The molecule has 1 heterocycles. The quantitative estimate of drug-likeness (QED) is 0.490. The molecule has 1 aliphatic rings. The van der Waals surface area contributed by atoms with Crippen LogP contribution in [-0.2, 0) is 4.79 Å². The molecule has 4 aromatic rings. The molecule has 1 saturated carbocycles. The topological polar surface area (TPSA) is 76.0 Å². The summed E-state index contributed by atoms with van der Waals surface area (Å²) >= 11 is 0. The van der Waals surface area contributed by atoms with Crippen LogP contribution in [0.1, 0.15) is 28.8 Å². The smallest absolute Gasteiger partial charge is 0.255 e. The Balaban J connectivity index is 1.33. The fourth-order valence-electron chi connectivity index (χ4n) is 3.50. The van der Waals surface area contributed by atoms with E-state index in [-0.39, 0.29) is 17.7 Å². The van der Waals surface area contributed by atoms with Crippen LogP contribution in [0.15, 0.2) is 72.9 Å². The SMILES string of the molecule is Cc1ccc(C(=O)Nc2ccc3c(cnn3-c3ccc(NC(=O)C4CC4)cc3)c2)cc1. The Bertz CT molecular complexity index is 1270. The van der Waals surface area contributed by atoms with Crippen LogP contribution in [0.5, 0.6) is 0 Å². The van der Waals surface area contributed by atoms with Crippen molar-refractivity contribution in [1.82, 2.24) is 9.78 Å². The van der Waals surface area contributed by atoms with Crippen LogP contribution < -0.4 is 10.6 Å². The Morgan fingerprint density at radius 2 is 1.61 bits per heavy atom. The van der Waals surface area contributed by atoms with E-state index in [0.717, 1.165) is 46.4 Å². The van der Waals surface area contributed by atoms with Crippen LogP contribution in [0, 0.1) is 12.8 Å². The maximum absolute atomic E-state index is 12.5. The molecule has 2 amide bonds. The number of aromatic nitrogens is 2. The zero-order valence-corrected chi connectivity index (χ0v) is 17.1. The third-order valence-electron chi connectivity index (χ3n) is 5.47. The average molecular weight is 410 g/mol. The zero-order valence-electron chi connectivity index (χ0n) is 17.1. The van der Waals surface area contributed by atoms with Gasteiger partial charge in [-0.2, -0.15) is 5.10 Å². The number of benzene rings is 3. The van der Waals surface area contributed by atoms with Gasteiger partial charge in [0.05, 0.1) is 17.4 Å². The predicted molar refractivity (Wildman–Crippen MR) is 122 cm³/mol. The van der Waals surface area contributed by atoms with E-state index in [1.54, 1.807) is 6.20 Å². The van der Waals surface area contributed by atoms with Gasteiger partial charge >= 0.3 is 0 Å². The maximum atomic E-state index is 12.5. The Labute approximate surface area is 179 Å². The van der Waals surface area contributed by atoms with Crippen LogP contribution in [0.4, 0.5) is 11.4 Å². The fraction of sp³-hybridized carbons (Fsp3) is 0.160. The Morgan fingerprint density at radius 1 is 0.903 bits per heavy atom. The van der Waals surface area contributed by atoms with Crippen LogP contribution >= 0.6 is 0 Å². The first-order valence-corrected chi connectivity index (χ1v) is 10.3. The van der Waals surface area contributed by atoms with Crippen LogP contribution in [0.3, 0.4) is 0 Å². The lowest BCUT2D eigenvalue weighted by Crippen LogP contribution is -2.13. The minimum atomic E-state index is -0.143. The van der Waals surface area contributed by atoms with Gasteiger partial charge in [0.15, 0.2) is 0 Å². The lowest BCUT2D eigenvalue weighted by atomic mass is 10.1. The summed E-state index contributed by atoms with van der Waals surface area (Å²) in [5.74, 6) is 0.128. The monoisotopic (exact) mass is 410 g/mol. The molecule has 154 valence electrons. The molecule has 0 bridgehead atoms. The first kappa shape index (κ1) is 19.1. The van der Waals surface area contributed by atoms with Crippen molar-refractivity contribution in [3.05, 3.63) is 84.1 Å². The molecule has 0 saturated heterocycles. The van der Waals surface area contributed by atoms with Crippen molar-refractivity contribution in [1.29, 1.82) is 0 Å². The lowest BCUT2D eigenvalue weighted by molar-refractivity contribution is -0.117. The van der Waals surface area contributed by atoms with E-state index in [4.69, 9.17) is 0 Å². The van der Waals surface area contributed by atoms with Crippen molar-refractivity contribution >= 4 is 34.1 Å². The largest absolute Gasteiger partial charge is 0.326 e. The summed E-state index contributed by atoms with van der Waals surface area (Å²) in [5, 5.41) is 11.3. The molecule has 2 N–H and O–H groups in total. The Kier molecular flexibility index (Phi) is 4.75. The number of anilines is 2. The molecule has 0 radical (unpaired) electrons. The van der Waals surface area contributed by atoms with Crippen LogP contribution in [0.2, 0.25) is 0 Å². The van der Waals surface area contributed by atoms with E-state index < -0.39 is 0 Å². The molecular weight excluding hydrogens is 388 g/mol. The number of hydrogen-bond donors (Lipinski definition) is 2.